The predicted molar refractivity (Wildman–Crippen MR) is 66.7 cm³/mol. The first-order chi connectivity index (χ1) is 8.08. The normalized spacial score (nSPS) is 11.9. The number of nitrogens with zero attached hydrogens (tertiary/aromatic N) is 1. The Balaban J connectivity index is 2.37. The number of rotatable bonds is 4. The van der Waals surface area contributed by atoms with Crippen LogP contribution in [0.3, 0.4) is 0 Å². The van der Waals surface area contributed by atoms with Crippen LogP contribution in [0.4, 0.5) is 11.4 Å². The molecule has 0 aliphatic heterocycles. The van der Waals surface area contributed by atoms with Crippen LogP contribution in [-0.4, -0.2) is 39.2 Å². The fourth-order valence-electron chi connectivity index (χ4n) is 1.57. The standard InChI is InChI=1S/C11H16N4O2/c1-11(5-16,6-17)14-10-3-9-7(2-8(10)12)4-13-15-9/h2-4,14,16-17H,5-6,12H2,1H3,(H,13,15). The Hall–Kier alpha value is -1.79. The van der Waals surface area contributed by atoms with Crippen LogP contribution in [0.1, 0.15) is 6.92 Å². The molecule has 0 fully saturated rings. The quantitative estimate of drug-likeness (QED) is 0.491. The number of hydrogen-bond acceptors (Lipinski definition) is 5. The molecule has 1 heterocycles. The van der Waals surface area contributed by atoms with Crippen molar-refractivity contribution in [3.8, 4) is 0 Å². The van der Waals surface area contributed by atoms with Gasteiger partial charge in [-0.15, -0.1) is 0 Å². The largest absolute Gasteiger partial charge is 0.397 e. The maximum absolute atomic E-state index is 9.23. The van der Waals surface area contributed by atoms with E-state index in [1.165, 1.54) is 0 Å². The molecule has 17 heavy (non-hydrogen) atoms. The molecule has 2 rings (SSSR count). The molecule has 0 aliphatic carbocycles. The molecule has 1 aromatic heterocycles. The zero-order valence-corrected chi connectivity index (χ0v) is 9.57. The van der Waals surface area contributed by atoms with E-state index < -0.39 is 5.54 Å². The number of nitrogens with one attached hydrogen (secondary N) is 2. The highest BCUT2D eigenvalue weighted by Crippen LogP contribution is 2.27. The molecule has 0 aliphatic rings. The summed E-state index contributed by atoms with van der Waals surface area (Å²) in [5.41, 5.74) is 7.15. The predicted octanol–water partition coefficient (Wildman–Crippen LogP) is 0.300. The summed E-state index contributed by atoms with van der Waals surface area (Å²) < 4.78 is 0. The lowest BCUT2D eigenvalue weighted by atomic mass is 10.0. The second-order valence-electron chi connectivity index (χ2n) is 4.40. The van der Waals surface area contributed by atoms with Gasteiger partial charge < -0.3 is 21.3 Å². The van der Waals surface area contributed by atoms with Crippen molar-refractivity contribution in [2.45, 2.75) is 12.5 Å². The number of aromatic nitrogens is 2. The van der Waals surface area contributed by atoms with Gasteiger partial charge in [0.15, 0.2) is 0 Å². The third kappa shape index (κ3) is 2.17. The van der Waals surface area contributed by atoms with Crippen molar-refractivity contribution in [2.24, 2.45) is 0 Å². The zero-order chi connectivity index (χ0) is 12.5. The molecule has 2 aromatic rings. The lowest BCUT2D eigenvalue weighted by Crippen LogP contribution is -2.42. The summed E-state index contributed by atoms with van der Waals surface area (Å²) in [5.74, 6) is 0. The molecule has 0 unspecified atom stereocenters. The number of benzene rings is 1. The average Bonchev–Trinajstić information content (AvgIpc) is 2.76. The molecular weight excluding hydrogens is 220 g/mol. The molecule has 92 valence electrons. The van der Waals surface area contributed by atoms with Gasteiger partial charge >= 0.3 is 0 Å². The summed E-state index contributed by atoms with van der Waals surface area (Å²) in [6, 6.07) is 3.59. The summed E-state index contributed by atoms with van der Waals surface area (Å²) in [5, 5.41) is 29.2. The molecule has 1 aromatic carbocycles. The van der Waals surface area contributed by atoms with Gasteiger partial charge in [-0.2, -0.15) is 5.10 Å². The van der Waals surface area contributed by atoms with Gasteiger partial charge in [-0.1, -0.05) is 0 Å². The number of anilines is 2. The number of nitrogen functional groups attached to an aromatic ring is 1. The molecule has 0 saturated heterocycles. The SMILES string of the molecule is CC(CO)(CO)Nc1cc2[nH]ncc2cc1N. The van der Waals surface area contributed by atoms with Gasteiger partial charge in [0.25, 0.3) is 0 Å². The van der Waals surface area contributed by atoms with Gasteiger partial charge in [0.1, 0.15) is 0 Å². The van der Waals surface area contributed by atoms with E-state index in [2.05, 4.69) is 15.5 Å². The maximum Gasteiger partial charge on any atom is 0.0807 e. The highest BCUT2D eigenvalue weighted by molar-refractivity contribution is 5.88. The van der Waals surface area contributed by atoms with E-state index in [1.54, 1.807) is 25.3 Å². The molecule has 0 saturated carbocycles. The summed E-state index contributed by atoms with van der Waals surface area (Å²) in [4.78, 5) is 0. The fourth-order valence-corrected chi connectivity index (χ4v) is 1.57. The maximum atomic E-state index is 9.23. The highest BCUT2D eigenvalue weighted by atomic mass is 16.3. The van der Waals surface area contributed by atoms with Crippen LogP contribution in [0.15, 0.2) is 18.3 Å². The van der Waals surface area contributed by atoms with Crippen molar-refractivity contribution in [2.75, 3.05) is 24.3 Å². The monoisotopic (exact) mass is 236 g/mol. The molecule has 6 N–H and O–H groups in total. The van der Waals surface area contributed by atoms with Crippen LogP contribution in [0, 0.1) is 0 Å². The van der Waals surface area contributed by atoms with Crippen LogP contribution < -0.4 is 11.1 Å². The summed E-state index contributed by atoms with van der Waals surface area (Å²) >= 11 is 0. The number of aromatic amines is 1. The fraction of sp³-hybridized carbons (Fsp3) is 0.364. The second-order valence-corrected chi connectivity index (χ2v) is 4.40. The Kier molecular flexibility index (Phi) is 2.91. The van der Waals surface area contributed by atoms with Gasteiger partial charge in [0.05, 0.1) is 41.8 Å². The van der Waals surface area contributed by atoms with E-state index in [1.807, 2.05) is 0 Å². The molecule has 0 amide bonds. The molecular formula is C11H16N4O2. The Morgan fingerprint density at radius 2 is 2.12 bits per heavy atom. The van der Waals surface area contributed by atoms with Crippen molar-refractivity contribution in [3.05, 3.63) is 18.3 Å². The van der Waals surface area contributed by atoms with E-state index in [4.69, 9.17) is 5.73 Å². The summed E-state index contributed by atoms with van der Waals surface area (Å²) in [6.07, 6.45) is 1.69. The number of aliphatic hydroxyl groups excluding tert-OH is 2. The molecule has 0 atom stereocenters. The molecule has 0 spiro atoms. The highest BCUT2D eigenvalue weighted by Gasteiger charge is 2.22. The molecule has 6 nitrogen and oxygen atoms in total. The third-order valence-corrected chi connectivity index (χ3v) is 2.74. The van der Waals surface area contributed by atoms with Crippen LogP contribution in [0.2, 0.25) is 0 Å². The summed E-state index contributed by atoms with van der Waals surface area (Å²) in [6.45, 7) is 1.33. The number of fused-ring (bicyclic) bond motifs is 1. The van der Waals surface area contributed by atoms with Gasteiger partial charge in [-0.3, -0.25) is 5.10 Å². The Bertz CT molecular complexity index is 519. The van der Waals surface area contributed by atoms with Gasteiger partial charge in [-0.05, 0) is 19.1 Å². The van der Waals surface area contributed by atoms with E-state index in [0.29, 0.717) is 11.4 Å². The lowest BCUT2D eigenvalue weighted by molar-refractivity contribution is 0.147. The lowest BCUT2D eigenvalue weighted by Gasteiger charge is -2.28. The Labute approximate surface area is 98.4 Å². The minimum atomic E-state index is -0.804. The molecule has 6 heteroatoms. The number of hydrogen-bond donors (Lipinski definition) is 5. The molecule has 0 bridgehead atoms. The smallest absolute Gasteiger partial charge is 0.0807 e. The van der Waals surface area contributed by atoms with Crippen LogP contribution >= 0.6 is 0 Å². The average molecular weight is 236 g/mol. The van der Waals surface area contributed by atoms with Crippen molar-refractivity contribution >= 4 is 22.3 Å². The number of H-pyrrole nitrogens is 1. The van der Waals surface area contributed by atoms with Gasteiger partial charge in [0.2, 0.25) is 0 Å². The van der Waals surface area contributed by atoms with Crippen LogP contribution in [0.25, 0.3) is 10.9 Å². The third-order valence-electron chi connectivity index (χ3n) is 2.74. The van der Waals surface area contributed by atoms with Crippen LogP contribution in [0.5, 0.6) is 0 Å². The van der Waals surface area contributed by atoms with Crippen molar-refractivity contribution in [1.29, 1.82) is 0 Å². The first-order valence-electron chi connectivity index (χ1n) is 5.30. The van der Waals surface area contributed by atoms with Crippen molar-refractivity contribution in [3.63, 3.8) is 0 Å². The minimum absolute atomic E-state index is 0.191. The van der Waals surface area contributed by atoms with Crippen molar-refractivity contribution in [1.82, 2.24) is 10.2 Å². The minimum Gasteiger partial charge on any atom is -0.397 e. The topological polar surface area (TPSA) is 107 Å². The number of aliphatic hydroxyl groups is 2. The van der Waals surface area contributed by atoms with E-state index >= 15 is 0 Å². The number of nitrogens with two attached hydrogens (primary N) is 1. The zero-order valence-electron chi connectivity index (χ0n) is 9.57. The van der Waals surface area contributed by atoms with E-state index in [0.717, 1.165) is 10.9 Å². The first-order valence-corrected chi connectivity index (χ1v) is 5.30. The van der Waals surface area contributed by atoms with E-state index in [9.17, 15) is 10.2 Å². The Morgan fingerprint density at radius 3 is 2.76 bits per heavy atom. The van der Waals surface area contributed by atoms with E-state index in [-0.39, 0.29) is 13.2 Å². The molecule has 0 radical (unpaired) electrons. The summed E-state index contributed by atoms with van der Waals surface area (Å²) in [7, 11) is 0. The van der Waals surface area contributed by atoms with Crippen LogP contribution in [-0.2, 0) is 0 Å². The van der Waals surface area contributed by atoms with Gasteiger partial charge in [0, 0.05) is 5.39 Å². The Morgan fingerprint density at radius 1 is 1.41 bits per heavy atom. The first kappa shape index (κ1) is 11.7. The van der Waals surface area contributed by atoms with Gasteiger partial charge in [-0.25, -0.2) is 0 Å². The second kappa shape index (κ2) is 4.23. The van der Waals surface area contributed by atoms with Crippen molar-refractivity contribution < 1.29 is 10.2 Å².